The lowest BCUT2D eigenvalue weighted by molar-refractivity contribution is -0.117. The summed E-state index contributed by atoms with van der Waals surface area (Å²) in [5, 5.41) is -0.0695. The third-order valence-corrected chi connectivity index (χ3v) is 5.11. The van der Waals surface area contributed by atoms with Crippen molar-refractivity contribution in [1.82, 2.24) is 9.97 Å². The van der Waals surface area contributed by atoms with Crippen molar-refractivity contribution in [2.24, 2.45) is 0 Å². The highest BCUT2D eigenvalue weighted by Crippen LogP contribution is 2.29. The van der Waals surface area contributed by atoms with Gasteiger partial charge in [0.25, 0.3) is 0 Å². The van der Waals surface area contributed by atoms with Gasteiger partial charge in [0.1, 0.15) is 10.8 Å². The van der Waals surface area contributed by atoms with Gasteiger partial charge in [0.05, 0.1) is 0 Å². The summed E-state index contributed by atoms with van der Waals surface area (Å²) in [6.45, 7) is 0.00730. The highest BCUT2D eigenvalue weighted by atomic mass is 35.7. The van der Waals surface area contributed by atoms with E-state index in [0.717, 1.165) is 5.39 Å². The molecule has 1 unspecified atom stereocenters. The molecule has 104 valence electrons. The van der Waals surface area contributed by atoms with E-state index >= 15 is 0 Å². The minimum Gasteiger partial charge on any atom is -0.294 e. The molecule has 1 amide bonds. The Morgan fingerprint density at radius 1 is 1.25 bits per heavy atom. The van der Waals surface area contributed by atoms with Crippen LogP contribution < -0.4 is 4.90 Å². The van der Waals surface area contributed by atoms with E-state index in [2.05, 4.69) is 9.97 Å². The molecule has 0 bridgehead atoms. The molecule has 0 aromatic carbocycles. The second-order valence-corrected chi connectivity index (χ2v) is 7.42. The van der Waals surface area contributed by atoms with Crippen LogP contribution in [0.2, 0.25) is 0 Å². The Labute approximate surface area is 119 Å². The lowest BCUT2D eigenvalue weighted by Crippen LogP contribution is -2.27. The van der Waals surface area contributed by atoms with E-state index in [9.17, 15) is 13.2 Å². The number of pyridine rings is 2. The molecule has 0 saturated carbocycles. The summed E-state index contributed by atoms with van der Waals surface area (Å²) in [6.07, 6.45) is 3.04. The Bertz CT molecular complexity index is 788. The zero-order chi connectivity index (χ0) is 14.3. The number of fused-ring (bicyclic) bond motifs is 1. The van der Waals surface area contributed by atoms with Gasteiger partial charge in [-0.3, -0.25) is 14.7 Å². The van der Waals surface area contributed by atoms with Gasteiger partial charge in [0.2, 0.25) is 15.0 Å². The molecule has 1 atom stereocenters. The molecule has 0 spiro atoms. The Kier molecular flexibility index (Phi) is 3.10. The van der Waals surface area contributed by atoms with Crippen LogP contribution in [-0.4, -0.2) is 36.1 Å². The summed E-state index contributed by atoms with van der Waals surface area (Å²) in [7, 11) is 1.56. The largest absolute Gasteiger partial charge is 0.294 e. The monoisotopic (exact) mass is 311 g/mol. The van der Waals surface area contributed by atoms with E-state index < -0.39 is 14.3 Å². The van der Waals surface area contributed by atoms with E-state index in [4.69, 9.17) is 10.7 Å². The second kappa shape index (κ2) is 4.68. The maximum Gasteiger partial charge on any atom is 0.237 e. The van der Waals surface area contributed by atoms with Crippen LogP contribution in [0.4, 0.5) is 5.82 Å². The molecular weight excluding hydrogens is 302 g/mol. The normalized spacial score (nSPS) is 19.8. The number of nitrogens with zero attached hydrogens (tertiary/aromatic N) is 3. The quantitative estimate of drug-likeness (QED) is 0.781. The number of amides is 1. The Morgan fingerprint density at radius 3 is 2.75 bits per heavy atom. The molecule has 0 N–H and O–H groups in total. The van der Waals surface area contributed by atoms with Crippen molar-refractivity contribution < 1.29 is 13.2 Å². The number of hydrogen-bond donors (Lipinski definition) is 0. The Balaban J connectivity index is 2.06. The van der Waals surface area contributed by atoms with Gasteiger partial charge in [-0.2, -0.15) is 0 Å². The van der Waals surface area contributed by atoms with Crippen LogP contribution in [0.5, 0.6) is 0 Å². The molecular formula is C12H10ClN3O3S. The zero-order valence-electron chi connectivity index (χ0n) is 10.2. The van der Waals surface area contributed by atoms with Crippen LogP contribution in [0, 0.1) is 0 Å². The number of halogens is 1. The number of rotatable bonds is 2. The minimum atomic E-state index is -3.77. The Morgan fingerprint density at radius 2 is 2.05 bits per heavy atom. The number of anilines is 1. The molecule has 20 heavy (non-hydrogen) atoms. The second-order valence-electron chi connectivity index (χ2n) is 4.52. The summed E-state index contributed by atoms with van der Waals surface area (Å²) in [6, 6.07) is 5.41. The summed E-state index contributed by atoms with van der Waals surface area (Å²) >= 11 is 0. The van der Waals surface area contributed by atoms with Gasteiger partial charge in [0.15, 0.2) is 5.82 Å². The lowest BCUT2D eigenvalue weighted by Gasteiger charge is -2.16. The molecule has 0 radical (unpaired) electrons. The highest BCUT2D eigenvalue weighted by Gasteiger charge is 2.39. The van der Waals surface area contributed by atoms with E-state index in [1.807, 2.05) is 6.07 Å². The molecule has 3 heterocycles. The summed E-state index contributed by atoms with van der Waals surface area (Å²) in [5.74, 6) is 0.0563. The highest BCUT2D eigenvalue weighted by molar-refractivity contribution is 8.14. The number of aromatic nitrogens is 2. The fourth-order valence-electron chi connectivity index (χ4n) is 2.25. The maximum atomic E-state index is 12.0. The first-order chi connectivity index (χ1) is 9.47. The van der Waals surface area contributed by atoms with Crippen molar-refractivity contribution in [3.05, 3.63) is 30.6 Å². The smallest absolute Gasteiger partial charge is 0.237 e. The van der Waals surface area contributed by atoms with Crippen LogP contribution >= 0.6 is 10.7 Å². The first-order valence-corrected chi connectivity index (χ1v) is 8.27. The Hall–Kier alpha value is -1.73. The number of carbonyl (C=O) groups excluding carboxylic acids is 1. The zero-order valence-corrected chi connectivity index (χ0v) is 11.8. The van der Waals surface area contributed by atoms with Gasteiger partial charge in [-0.15, -0.1) is 0 Å². The van der Waals surface area contributed by atoms with Gasteiger partial charge in [-0.05, 0) is 12.1 Å². The van der Waals surface area contributed by atoms with E-state index in [1.54, 1.807) is 24.5 Å². The third-order valence-electron chi connectivity index (χ3n) is 3.25. The molecule has 1 aliphatic rings. The average molecular weight is 312 g/mol. The van der Waals surface area contributed by atoms with Crippen molar-refractivity contribution in [2.45, 2.75) is 11.7 Å². The predicted octanol–water partition coefficient (Wildman–Crippen LogP) is 1.30. The molecule has 2 aromatic heterocycles. The van der Waals surface area contributed by atoms with Gasteiger partial charge in [-0.1, -0.05) is 6.07 Å². The van der Waals surface area contributed by atoms with E-state index in [1.165, 1.54) is 4.90 Å². The summed E-state index contributed by atoms with van der Waals surface area (Å²) in [5.41, 5.74) is 0.566. The van der Waals surface area contributed by atoms with E-state index in [-0.39, 0.29) is 18.9 Å². The van der Waals surface area contributed by atoms with Gasteiger partial charge < -0.3 is 0 Å². The van der Waals surface area contributed by atoms with Gasteiger partial charge in [-0.25, -0.2) is 13.4 Å². The number of hydrogen-bond acceptors (Lipinski definition) is 5. The van der Waals surface area contributed by atoms with E-state index in [0.29, 0.717) is 11.3 Å². The fraction of sp³-hybridized carbons (Fsp3) is 0.250. The van der Waals surface area contributed by atoms with Crippen LogP contribution in [0.1, 0.15) is 6.42 Å². The third kappa shape index (κ3) is 2.23. The SMILES string of the molecule is O=C1CC(S(=O)(=O)Cl)CN1c1nccc2cccnc12. The molecule has 0 aliphatic carbocycles. The standard InChI is InChI=1S/C12H10ClN3O3S/c13-20(18,19)9-6-10(17)16(7-9)12-11-8(3-5-15-12)2-1-4-14-11/h1-5,9H,6-7H2. The van der Waals surface area contributed by atoms with Crippen molar-refractivity contribution >= 4 is 42.4 Å². The van der Waals surface area contributed by atoms with Crippen molar-refractivity contribution in [1.29, 1.82) is 0 Å². The van der Waals surface area contributed by atoms with Crippen LogP contribution in [-0.2, 0) is 13.8 Å². The first-order valence-electron chi connectivity index (χ1n) is 5.90. The minimum absolute atomic E-state index is 0.00730. The van der Waals surface area contributed by atoms with Crippen LogP contribution in [0.3, 0.4) is 0 Å². The first kappa shape index (κ1) is 13.3. The molecule has 8 heteroatoms. The molecule has 6 nitrogen and oxygen atoms in total. The predicted molar refractivity (Wildman–Crippen MR) is 75.1 cm³/mol. The summed E-state index contributed by atoms with van der Waals surface area (Å²) < 4.78 is 22.7. The molecule has 3 rings (SSSR count). The molecule has 1 saturated heterocycles. The fourth-order valence-corrected chi connectivity index (χ4v) is 3.28. The van der Waals surface area contributed by atoms with Crippen molar-refractivity contribution in [3.63, 3.8) is 0 Å². The van der Waals surface area contributed by atoms with Crippen molar-refractivity contribution in [3.8, 4) is 0 Å². The number of carbonyl (C=O) groups is 1. The molecule has 1 aliphatic heterocycles. The topological polar surface area (TPSA) is 80.2 Å². The van der Waals surface area contributed by atoms with Crippen molar-refractivity contribution in [2.75, 3.05) is 11.4 Å². The van der Waals surface area contributed by atoms with Gasteiger partial charge in [0, 0.05) is 41.4 Å². The van der Waals surface area contributed by atoms with Gasteiger partial charge >= 0.3 is 0 Å². The van der Waals surface area contributed by atoms with Crippen LogP contribution in [0.15, 0.2) is 30.6 Å². The maximum absolute atomic E-state index is 12.0. The lowest BCUT2D eigenvalue weighted by atomic mass is 10.2. The molecule has 1 fully saturated rings. The van der Waals surface area contributed by atoms with Crippen LogP contribution in [0.25, 0.3) is 10.9 Å². The average Bonchev–Trinajstić information content (AvgIpc) is 2.80. The summed E-state index contributed by atoms with van der Waals surface area (Å²) in [4.78, 5) is 21.7. The molecule has 2 aromatic rings.